The van der Waals surface area contributed by atoms with Crippen LogP contribution < -0.4 is 25.2 Å². The summed E-state index contributed by atoms with van der Waals surface area (Å²) in [5.74, 6) is 1.41. The van der Waals surface area contributed by atoms with Gasteiger partial charge in [0.2, 0.25) is 11.9 Å². The molecule has 4 heterocycles. The van der Waals surface area contributed by atoms with E-state index in [0.29, 0.717) is 29.6 Å². The van der Waals surface area contributed by atoms with Crippen LogP contribution in [0.1, 0.15) is 19.5 Å². The van der Waals surface area contributed by atoms with Crippen LogP contribution in [-0.2, 0) is 17.3 Å². The van der Waals surface area contributed by atoms with Crippen molar-refractivity contribution in [3.05, 3.63) is 67.3 Å². The molecule has 12 heteroatoms. The molecule has 0 saturated carbocycles. The van der Waals surface area contributed by atoms with Gasteiger partial charge in [0.25, 0.3) is 0 Å². The zero-order valence-corrected chi connectivity index (χ0v) is 26.4. The number of fused-ring (bicyclic) bond motifs is 1. The van der Waals surface area contributed by atoms with Crippen LogP contribution in [0, 0.1) is 0 Å². The highest BCUT2D eigenvalue weighted by Crippen LogP contribution is 2.44. The van der Waals surface area contributed by atoms with E-state index in [0.717, 1.165) is 47.2 Å². The molecule has 1 amide bonds. The first kappa shape index (κ1) is 30.5. The zero-order valence-electron chi connectivity index (χ0n) is 26.4. The van der Waals surface area contributed by atoms with E-state index in [2.05, 4.69) is 61.9 Å². The summed E-state index contributed by atoms with van der Waals surface area (Å²) in [5.41, 5.74) is 5.70. The second kappa shape index (κ2) is 12.3. The molecule has 44 heavy (non-hydrogen) atoms. The lowest BCUT2D eigenvalue weighted by Crippen LogP contribution is -2.29. The average molecular weight is 597 g/mol. The van der Waals surface area contributed by atoms with Gasteiger partial charge in [0.05, 0.1) is 47.4 Å². The van der Waals surface area contributed by atoms with Crippen molar-refractivity contribution < 1.29 is 9.53 Å². The molecular weight excluding hydrogens is 556 g/mol. The molecule has 12 nitrogen and oxygen atoms in total. The van der Waals surface area contributed by atoms with Crippen molar-refractivity contribution in [2.24, 2.45) is 7.05 Å². The van der Waals surface area contributed by atoms with Gasteiger partial charge < -0.3 is 30.1 Å². The second-order valence-electron chi connectivity index (χ2n) is 11.8. The molecule has 3 aromatic heterocycles. The molecule has 1 aromatic carbocycles. The Bertz CT molecular complexity index is 1680. The number of aromatic nitrogens is 5. The first-order chi connectivity index (χ1) is 21.0. The van der Waals surface area contributed by atoms with Gasteiger partial charge in [0.15, 0.2) is 0 Å². The van der Waals surface area contributed by atoms with Crippen molar-refractivity contribution in [1.82, 2.24) is 29.6 Å². The van der Waals surface area contributed by atoms with E-state index in [4.69, 9.17) is 14.7 Å². The lowest BCUT2D eigenvalue weighted by molar-refractivity contribution is -0.111. The van der Waals surface area contributed by atoms with Crippen molar-refractivity contribution in [1.29, 1.82) is 0 Å². The molecule has 0 bridgehead atoms. The van der Waals surface area contributed by atoms with Crippen molar-refractivity contribution >= 4 is 40.4 Å². The van der Waals surface area contributed by atoms with Gasteiger partial charge in [-0.1, -0.05) is 20.4 Å². The molecule has 4 aromatic rings. The minimum absolute atomic E-state index is 0.206. The Morgan fingerprint density at radius 1 is 1.14 bits per heavy atom. The zero-order chi connectivity index (χ0) is 31.6. The molecule has 230 valence electrons. The van der Waals surface area contributed by atoms with Gasteiger partial charge in [-0.15, -0.1) is 0 Å². The summed E-state index contributed by atoms with van der Waals surface area (Å²) >= 11 is 0. The summed E-state index contributed by atoms with van der Waals surface area (Å²) in [5, 5.41) is 10.5. The molecule has 1 aliphatic rings. The molecule has 0 saturated heterocycles. The van der Waals surface area contributed by atoms with E-state index in [9.17, 15) is 4.79 Å². The lowest BCUT2D eigenvalue weighted by Gasteiger charge is -2.26. The van der Waals surface area contributed by atoms with Gasteiger partial charge in [0, 0.05) is 63.2 Å². The third-order valence-corrected chi connectivity index (χ3v) is 7.58. The van der Waals surface area contributed by atoms with E-state index >= 15 is 0 Å². The molecule has 0 radical (unpaired) electrons. The predicted octanol–water partition coefficient (Wildman–Crippen LogP) is 4.58. The first-order valence-corrected chi connectivity index (χ1v) is 14.4. The number of carbonyl (C=O) groups is 1. The number of benzene rings is 1. The number of methoxy groups -OCH3 is 1. The topological polar surface area (TPSA) is 117 Å². The highest BCUT2D eigenvalue weighted by Gasteiger charge is 2.38. The van der Waals surface area contributed by atoms with Crippen LogP contribution >= 0.6 is 0 Å². The number of ether oxygens (including phenoxy) is 1. The third kappa shape index (κ3) is 6.35. The van der Waals surface area contributed by atoms with Gasteiger partial charge in [-0.05, 0) is 44.4 Å². The lowest BCUT2D eigenvalue weighted by atomic mass is 9.91. The number of amides is 1. The van der Waals surface area contributed by atoms with E-state index in [1.807, 2.05) is 64.8 Å². The van der Waals surface area contributed by atoms with Gasteiger partial charge in [0.1, 0.15) is 11.6 Å². The molecule has 0 unspecified atom stereocenters. The summed E-state index contributed by atoms with van der Waals surface area (Å²) in [6, 6.07) is 9.73. The minimum atomic E-state index is -0.308. The van der Waals surface area contributed by atoms with Crippen LogP contribution in [-0.4, -0.2) is 83.4 Å². The number of pyridine rings is 1. The number of rotatable bonds is 11. The Kier molecular flexibility index (Phi) is 8.54. The average Bonchev–Trinajstić information content (AvgIpc) is 3.55. The smallest absolute Gasteiger partial charge is 0.247 e. The van der Waals surface area contributed by atoms with E-state index in [-0.39, 0.29) is 11.3 Å². The van der Waals surface area contributed by atoms with Crippen LogP contribution in [0.25, 0.3) is 11.3 Å². The molecule has 0 fully saturated rings. The normalized spacial score (nSPS) is 13.5. The summed E-state index contributed by atoms with van der Waals surface area (Å²) in [6.45, 7) is 10.3. The summed E-state index contributed by atoms with van der Waals surface area (Å²) in [7, 11) is 9.53. The minimum Gasteiger partial charge on any atom is -0.494 e. The monoisotopic (exact) mass is 596 g/mol. The van der Waals surface area contributed by atoms with Crippen molar-refractivity contribution in [3.8, 4) is 17.0 Å². The Morgan fingerprint density at radius 2 is 1.93 bits per heavy atom. The van der Waals surface area contributed by atoms with Gasteiger partial charge in [-0.25, -0.2) is 9.97 Å². The summed E-state index contributed by atoms with van der Waals surface area (Å²) < 4.78 is 7.54. The molecular formula is C32H40N10O2. The standard InChI is InChI=1S/C32H40N10O2/c1-9-29(43)35-23-16-24(27(44-8)17-26(23)40(6)15-14-39(4)5)37-31-33-13-12-28(38-31)42-20-32(2,3)30-25(42)11-10-22(36-30)21-18-34-41(7)19-21/h9-13,16-19H,1,14-15,20H2,2-8H3,(H,35,43)(H,33,37,38). The number of anilines is 6. The largest absolute Gasteiger partial charge is 0.494 e. The number of hydrogen-bond donors (Lipinski definition) is 2. The number of hydrogen-bond acceptors (Lipinski definition) is 10. The van der Waals surface area contributed by atoms with Crippen molar-refractivity contribution in [2.45, 2.75) is 19.3 Å². The third-order valence-electron chi connectivity index (χ3n) is 7.58. The van der Waals surface area contributed by atoms with E-state index in [1.54, 1.807) is 18.0 Å². The fraction of sp³-hybridized carbons (Fsp3) is 0.344. The van der Waals surface area contributed by atoms with Gasteiger partial charge in [-0.2, -0.15) is 10.1 Å². The Labute approximate surface area is 258 Å². The number of nitrogens with zero attached hydrogens (tertiary/aromatic N) is 8. The fourth-order valence-corrected chi connectivity index (χ4v) is 5.23. The van der Waals surface area contributed by atoms with Crippen LogP contribution in [0.4, 0.5) is 34.5 Å². The van der Waals surface area contributed by atoms with E-state index < -0.39 is 0 Å². The second-order valence-corrected chi connectivity index (χ2v) is 11.8. The molecule has 2 N–H and O–H groups in total. The SMILES string of the molecule is C=CC(=O)Nc1cc(Nc2nccc(N3CC(C)(C)c4nc(-c5cnn(C)c5)ccc43)n2)c(OC)cc1N(C)CCN(C)C. The summed E-state index contributed by atoms with van der Waals surface area (Å²) in [4.78, 5) is 33.1. The first-order valence-electron chi connectivity index (χ1n) is 14.4. The van der Waals surface area contributed by atoms with E-state index in [1.165, 1.54) is 6.08 Å². The van der Waals surface area contributed by atoms with Gasteiger partial charge in [-0.3, -0.25) is 9.48 Å². The number of likely N-dealkylation sites (N-methyl/N-ethyl adjacent to an activating group) is 2. The maximum Gasteiger partial charge on any atom is 0.247 e. The van der Waals surface area contributed by atoms with Crippen molar-refractivity contribution in [2.75, 3.05) is 68.3 Å². The van der Waals surface area contributed by atoms with Gasteiger partial charge >= 0.3 is 0 Å². The number of carbonyl (C=O) groups excluding carboxylic acids is 1. The van der Waals surface area contributed by atoms with Crippen molar-refractivity contribution in [3.63, 3.8) is 0 Å². The molecule has 0 aliphatic carbocycles. The Hall–Kier alpha value is -4.97. The fourth-order valence-electron chi connectivity index (χ4n) is 5.23. The molecule has 5 rings (SSSR count). The molecule has 0 atom stereocenters. The highest BCUT2D eigenvalue weighted by molar-refractivity contribution is 6.02. The maximum atomic E-state index is 12.3. The quantitative estimate of drug-likeness (QED) is 0.239. The van der Waals surface area contributed by atoms with Crippen LogP contribution in [0.3, 0.4) is 0 Å². The Balaban J connectivity index is 1.46. The maximum absolute atomic E-state index is 12.3. The molecule has 1 aliphatic heterocycles. The van der Waals surface area contributed by atoms with Crippen LogP contribution in [0.2, 0.25) is 0 Å². The number of aryl methyl sites for hydroxylation is 1. The predicted molar refractivity (Wildman–Crippen MR) is 175 cm³/mol. The Morgan fingerprint density at radius 3 is 2.61 bits per heavy atom. The highest BCUT2D eigenvalue weighted by atomic mass is 16.5. The summed E-state index contributed by atoms with van der Waals surface area (Å²) in [6.07, 6.45) is 6.77. The van der Waals surface area contributed by atoms with Crippen LogP contribution in [0.15, 0.2) is 61.6 Å². The van der Waals surface area contributed by atoms with Crippen LogP contribution in [0.5, 0.6) is 5.75 Å². The number of nitrogens with one attached hydrogen (secondary N) is 2. The molecule has 0 spiro atoms.